The molecule has 29 heavy (non-hydrogen) atoms. The summed E-state index contributed by atoms with van der Waals surface area (Å²) in [4.78, 5) is 46.0. The van der Waals surface area contributed by atoms with Crippen LogP contribution >= 0.6 is 11.8 Å². The predicted molar refractivity (Wildman–Crippen MR) is 105 cm³/mol. The summed E-state index contributed by atoms with van der Waals surface area (Å²) in [5.41, 5.74) is 0. The lowest BCUT2D eigenvalue weighted by Gasteiger charge is -2.21. The molecule has 1 fully saturated rings. The first-order valence-corrected chi connectivity index (χ1v) is 10.6. The molecule has 0 aromatic rings. The van der Waals surface area contributed by atoms with Gasteiger partial charge in [-0.3, -0.25) is 24.5 Å². The van der Waals surface area contributed by atoms with Gasteiger partial charge in [0.1, 0.15) is 6.61 Å². The number of rotatable bonds is 15. The monoisotopic (exact) mass is 434 g/mol. The van der Waals surface area contributed by atoms with Gasteiger partial charge < -0.3 is 24.6 Å². The van der Waals surface area contributed by atoms with E-state index in [1.54, 1.807) is 0 Å². The standard InChI is InChI=1S/C18H30N2O8S/c1-3-12(28-17(10-21)26-2)11-27-16(24)6-4-5-14(22)19-7-8-29-13-9-15(23)20-18(13)25/h12-13,17,21H,3-11H2,1-2H3,(H,19,22)(H,20,23,25). The Labute approximate surface area is 174 Å². The van der Waals surface area contributed by atoms with Crippen LogP contribution < -0.4 is 10.6 Å². The average Bonchev–Trinajstić information content (AvgIpc) is 3.02. The smallest absolute Gasteiger partial charge is 0.305 e. The fourth-order valence-corrected chi connectivity index (χ4v) is 3.42. The van der Waals surface area contributed by atoms with Gasteiger partial charge in [0.25, 0.3) is 0 Å². The van der Waals surface area contributed by atoms with Crippen molar-refractivity contribution in [2.75, 3.05) is 32.6 Å². The Morgan fingerprint density at radius 3 is 2.69 bits per heavy atom. The molecule has 0 aromatic carbocycles. The lowest BCUT2D eigenvalue weighted by atomic mass is 10.2. The molecule has 0 spiro atoms. The van der Waals surface area contributed by atoms with E-state index in [2.05, 4.69) is 10.6 Å². The zero-order valence-corrected chi connectivity index (χ0v) is 17.6. The van der Waals surface area contributed by atoms with Crippen LogP contribution in [0.15, 0.2) is 0 Å². The van der Waals surface area contributed by atoms with Gasteiger partial charge in [0.05, 0.1) is 18.0 Å². The summed E-state index contributed by atoms with van der Waals surface area (Å²) in [6, 6.07) is 0. The van der Waals surface area contributed by atoms with E-state index < -0.39 is 12.3 Å². The number of carbonyl (C=O) groups excluding carboxylic acids is 4. The quantitative estimate of drug-likeness (QED) is 0.137. The highest BCUT2D eigenvalue weighted by Gasteiger charge is 2.30. The van der Waals surface area contributed by atoms with Crippen LogP contribution in [0.4, 0.5) is 0 Å². The van der Waals surface area contributed by atoms with Gasteiger partial charge in [0.15, 0.2) is 6.29 Å². The van der Waals surface area contributed by atoms with Crippen molar-refractivity contribution in [2.24, 2.45) is 0 Å². The number of amides is 3. The summed E-state index contributed by atoms with van der Waals surface area (Å²) in [7, 11) is 1.41. The normalized spacial score (nSPS) is 18.2. The van der Waals surface area contributed by atoms with Crippen LogP contribution in [-0.2, 0) is 33.4 Å². The molecule has 3 amide bonds. The van der Waals surface area contributed by atoms with Crippen LogP contribution in [0.5, 0.6) is 0 Å². The highest BCUT2D eigenvalue weighted by atomic mass is 32.2. The number of ether oxygens (including phenoxy) is 3. The summed E-state index contributed by atoms with van der Waals surface area (Å²) in [5, 5.41) is 13.6. The maximum atomic E-state index is 11.8. The lowest BCUT2D eigenvalue weighted by molar-refractivity contribution is -0.188. The highest BCUT2D eigenvalue weighted by Crippen LogP contribution is 2.18. The number of methoxy groups -OCH3 is 1. The molecule has 3 atom stereocenters. The Morgan fingerprint density at radius 2 is 2.10 bits per heavy atom. The molecule has 10 nitrogen and oxygen atoms in total. The molecule has 0 saturated carbocycles. The molecule has 1 aliphatic heterocycles. The van der Waals surface area contributed by atoms with Crippen molar-refractivity contribution in [3.63, 3.8) is 0 Å². The maximum absolute atomic E-state index is 11.8. The molecule has 3 unspecified atom stereocenters. The van der Waals surface area contributed by atoms with Crippen molar-refractivity contribution in [3.8, 4) is 0 Å². The van der Waals surface area contributed by atoms with E-state index in [1.807, 2.05) is 6.92 Å². The number of imide groups is 1. The van der Waals surface area contributed by atoms with E-state index in [-0.39, 0.29) is 61.6 Å². The van der Waals surface area contributed by atoms with Gasteiger partial charge in [-0.1, -0.05) is 6.92 Å². The second kappa shape index (κ2) is 14.3. The molecule has 0 aromatic heterocycles. The second-order valence-corrected chi connectivity index (χ2v) is 7.69. The number of thioether (sulfide) groups is 1. The number of nitrogens with one attached hydrogen (secondary N) is 2. The zero-order chi connectivity index (χ0) is 21.6. The van der Waals surface area contributed by atoms with Crippen LogP contribution in [0.3, 0.4) is 0 Å². The van der Waals surface area contributed by atoms with Gasteiger partial charge in [0, 0.05) is 38.7 Å². The Balaban J connectivity index is 2.08. The summed E-state index contributed by atoms with van der Waals surface area (Å²) in [5.74, 6) is -0.647. The van der Waals surface area contributed by atoms with Crippen LogP contribution in [-0.4, -0.2) is 79.1 Å². The summed E-state index contributed by atoms with van der Waals surface area (Å²) in [6.45, 7) is 2.01. The van der Waals surface area contributed by atoms with E-state index in [4.69, 9.17) is 19.3 Å². The van der Waals surface area contributed by atoms with Crippen molar-refractivity contribution in [1.29, 1.82) is 0 Å². The molecule has 0 bridgehead atoms. The first kappa shape index (κ1) is 25.3. The van der Waals surface area contributed by atoms with Gasteiger partial charge in [-0.15, -0.1) is 11.8 Å². The topological polar surface area (TPSA) is 140 Å². The number of hydrogen-bond acceptors (Lipinski definition) is 9. The fraction of sp³-hybridized carbons (Fsp3) is 0.778. The maximum Gasteiger partial charge on any atom is 0.305 e. The first-order valence-electron chi connectivity index (χ1n) is 9.56. The third-order valence-electron chi connectivity index (χ3n) is 4.10. The summed E-state index contributed by atoms with van der Waals surface area (Å²) in [6.07, 6.45) is 0.271. The summed E-state index contributed by atoms with van der Waals surface area (Å²) < 4.78 is 15.5. The molecule has 166 valence electrons. The van der Waals surface area contributed by atoms with Crippen molar-refractivity contribution in [1.82, 2.24) is 10.6 Å². The van der Waals surface area contributed by atoms with E-state index in [1.165, 1.54) is 18.9 Å². The third-order valence-corrected chi connectivity index (χ3v) is 5.32. The second-order valence-electron chi connectivity index (χ2n) is 6.38. The minimum absolute atomic E-state index is 0.0514. The number of hydrogen-bond donors (Lipinski definition) is 3. The third kappa shape index (κ3) is 10.6. The number of aliphatic hydroxyl groups is 1. The van der Waals surface area contributed by atoms with Crippen LogP contribution in [0.1, 0.15) is 39.0 Å². The van der Waals surface area contributed by atoms with Crippen molar-refractivity contribution < 1.29 is 38.5 Å². The van der Waals surface area contributed by atoms with Crippen LogP contribution in [0.2, 0.25) is 0 Å². The van der Waals surface area contributed by atoms with Gasteiger partial charge in [-0.2, -0.15) is 0 Å². The molecule has 0 aliphatic carbocycles. The fourth-order valence-electron chi connectivity index (χ4n) is 2.44. The first-order chi connectivity index (χ1) is 13.9. The van der Waals surface area contributed by atoms with Crippen LogP contribution in [0, 0.1) is 0 Å². The minimum Gasteiger partial charge on any atom is -0.463 e. The van der Waals surface area contributed by atoms with Crippen molar-refractivity contribution in [3.05, 3.63) is 0 Å². The Bertz CT molecular complexity index is 556. The van der Waals surface area contributed by atoms with E-state index >= 15 is 0 Å². The number of esters is 1. The van der Waals surface area contributed by atoms with E-state index in [9.17, 15) is 19.2 Å². The minimum atomic E-state index is -0.760. The number of carbonyl (C=O) groups is 4. The summed E-state index contributed by atoms with van der Waals surface area (Å²) >= 11 is 1.33. The largest absolute Gasteiger partial charge is 0.463 e. The van der Waals surface area contributed by atoms with E-state index in [0.717, 1.165) is 0 Å². The zero-order valence-electron chi connectivity index (χ0n) is 16.8. The van der Waals surface area contributed by atoms with Gasteiger partial charge in [0.2, 0.25) is 17.7 Å². The molecule has 1 heterocycles. The molecule has 1 aliphatic rings. The van der Waals surface area contributed by atoms with Gasteiger partial charge in [-0.25, -0.2) is 0 Å². The van der Waals surface area contributed by atoms with E-state index in [0.29, 0.717) is 25.1 Å². The molecule has 1 saturated heterocycles. The Morgan fingerprint density at radius 1 is 1.34 bits per heavy atom. The molecule has 3 N–H and O–H groups in total. The highest BCUT2D eigenvalue weighted by molar-refractivity contribution is 8.00. The van der Waals surface area contributed by atoms with Crippen molar-refractivity contribution in [2.45, 2.75) is 56.7 Å². The predicted octanol–water partition coefficient (Wildman–Crippen LogP) is -0.276. The molecule has 11 heteroatoms. The average molecular weight is 435 g/mol. The lowest BCUT2D eigenvalue weighted by Crippen LogP contribution is -2.30. The molecular weight excluding hydrogens is 404 g/mol. The Hall–Kier alpha value is -1.69. The van der Waals surface area contributed by atoms with Gasteiger partial charge >= 0.3 is 5.97 Å². The van der Waals surface area contributed by atoms with Gasteiger partial charge in [-0.05, 0) is 12.8 Å². The molecule has 0 radical (unpaired) electrons. The Kier molecular flexibility index (Phi) is 12.5. The molecule has 1 rings (SSSR count). The van der Waals surface area contributed by atoms with Crippen LogP contribution in [0.25, 0.3) is 0 Å². The molecular formula is C18H30N2O8S. The SMILES string of the molecule is CCC(COC(=O)CCCC(=O)NCCSC1CC(=O)NC1=O)OC(CO)OC. The van der Waals surface area contributed by atoms with Crippen molar-refractivity contribution >= 4 is 35.5 Å². The number of aliphatic hydroxyl groups excluding tert-OH is 1.